The topological polar surface area (TPSA) is 32.8 Å². The average molecular weight is 286 g/mol. The molecule has 1 aliphatic carbocycles. The van der Waals surface area contributed by atoms with E-state index in [9.17, 15) is 4.79 Å². The second-order valence-corrected chi connectivity index (χ2v) is 6.58. The van der Waals surface area contributed by atoms with Gasteiger partial charge in [-0.05, 0) is 24.3 Å². The van der Waals surface area contributed by atoms with Gasteiger partial charge in [-0.15, -0.1) is 0 Å². The Morgan fingerprint density at radius 3 is 2.62 bits per heavy atom. The van der Waals surface area contributed by atoms with E-state index >= 15 is 0 Å². The van der Waals surface area contributed by atoms with E-state index in [-0.39, 0.29) is 5.54 Å². The van der Waals surface area contributed by atoms with E-state index in [1.165, 1.54) is 5.56 Å². The van der Waals surface area contributed by atoms with E-state index in [1.807, 2.05) is 11.0 Å². The summed E-state index contributed by atoms with van der Waals surface area (Å²) in [6.45, 7) is 4.85. The lowest BCUT2D eigenvalue weighted by Gasteiger charge is -2.44. The van der Waals surface area contributed by atoms with Crippen molar-refractivity contribution in [2.45, 2.75) is 24.9 Å². The van der Waals surface area contributed by atoms with E-state index < -0.39 is 0 Å². The number of carbonyl (C=O) groups is 1. The summed E-state index contributed by atoms with van der Waals surface area (Å²) in [6.07, 6.45) is 2.10. The van der Waals surface area contributed by atoms with Gasteiger partial charge >= 0.3 is 0 Å². The van der Waals surface area contributed by atoms with Gasteiger partial charge in [0.25, 0.3) is 0 Å². The molecule has 4 nitrogen and oxygen atoms in total. The third-order valence-electron chi connectivity index (χ3n) is 5.25. The first kappa shape index (κ1) is 13.3. The van der Waals surface area contributed by atoms with Crippen LogP contribution in [0.4, 0.5) is 0 Å². The van der Waals surface area contributed by atoms with Crippen molar-refractivity contribution in [3.05, 3.63) is 35.9 Å². The van der Waals surface area contributed by atoms with Crippen LogP contribution in [0.1, 0.15) is 18.4 Å². The summed E-state index contributed by atoms with van der Waals surface area (Å²) in [5.41, 5.74) is 1.09. The molecule has 3 aliphatic heterocycles. The zero-order valence-corrected chi connectivity index (χ0v) is 12.3. The third kappa shape index (κ3) is 2.17. The summed E-state index contributed by atoms with van der Waals surface area (Å²) in [5.74, 6) is 1.06. The predicted octanol–water partition coefficient (Wildman–Crippen LogP) is 1.51. The monoisotopic (exact) mass is 286 g/mol. The van der Waals surface area contributed by atoms with Crippen LogP contribution >= 0.6 is 0 Å². The Bertz CT molecular complexity index is 519. The van der Waals surface area contributed by atoms with Crippen LogP contribution in [0.3, 0.4) is 0 Å². The molecule has 4 heteroatoms. The number of hydrogen-bond acceptors (Lipinski definition) is 3. The minimum Gasteiger partial charge on any atom is -0.378 e. The molecular formula is C17H22N2O2. The lowest BCUT2D eigenvalue weighted by Crippen LogP contribution is -2.60. The van der Waals surface area contributed by atoms with Crippen molar-refractivity contribution in [1.29, 1.82) is 0 Å². The molecule has 0 unspecified atom stereocenters. The van der Waals surface area contributed by atoms with Gasteiger partial charge in [-0.25, -0.2) is 0 Å². The van der Waals surface area contributed by atoms with Crippen LogP contribution in [0.5, 0.6) is 0 Å². The molecule has 0 spiro atoms. The first-order valence-corrected chi connectivity index (χ1v) is 7.94. The maximum atomic E-state index is 13.0. The second kappa shape index (κ2) is 5.11. The molecule has 1 aromatic rings. The zero-order valence-electron chi connectivity index (χ0n) is 12.3. The Morgan fingerprint density at radius 1 is 1.19 bits per heavy atom. The van der Waals surface area contributed by atoms with Gasteiger partial charge in [0, 0.05) is 26.2 Å². The molecule has 3 saturated heterocycles. The maximum absolute atomic E-state index is 13.0. The molecule has 1 saturated carbocycles. The second-order valence-electron chi connectivity index (χ2n) is 6.58. The number of hydrogen-bond donors (Lipinski definition) is 0. The molecule has 0 aromatic heterocycles. The minimum atomic E-state index is -0.210. The van der Waals surface area contributed by atoms with Gasteiger partial charge in [-0.2, -0.15) is 0 Å². The molecule has 4 aliphatic rings. The molecule has 2 bridgehead atoms. The van der Waals surface area contributed by atoms with Crippen molar-refractivity contribution < 1.29 is 9.53 Å². The lowest BCUT2D eigenvalue weighted by atomic mass is 9.72. The van der Waals surface area contributed by atoms with Crippen LogP contribution in [0, 0.1) is 5.92 Å². The molecule has 1 amide bonds. The van der Waals surface area contributed by atoms with Crippen molar-refractivity contribution >= 4 is 5.91 Å². The fourth-order valence-corrected chi connectivity index (χ4v) is 4.16. The van der Waals surface area contributed by atoms with Gasteiger partial charge in [-0.3, -0.25) is 9.69 Å². The van der Waals surface area contributed by atoms with Crippen molar-refractivity contribution in [3.8, 4) is 0 Å². The Balaban J connectivity index is 1.51. The van der Waals surface area contributed by atoms with Gasteiger partial charge in [0.1, 0.15) is 5.54 Å². The third-order valence-corrected chi connectivity index (χ3v) is 5.25. The van der Waals surface area contributed by atoms with Crippen LogP contribution in [0.25, 0.3) is 0 Å². The number of rotatable bonds is 3. The number of ether oxygens (including phenoxy) is 1. The molecule has 0 N–H and O–H groups in total. The van der Waals surface area contributed by atoms with Crippen LogP contribution in [0.2, 0.25) is 0 Å². The number of nitrogens with zero attached hydrogens (tertiary/aromatic N) is 2. The largest absolute Gasteiger partial charge is 0.378 e. The van der Waals surface area contributed by atoms with Crippen LogP contribution in [-0.2, 0) is 16.1 Å². The van der Waals surface area contributed by atoms with Crippen LogP contribution < -0.4 is 0 Å². The average Bonchev–Trinajstić information content (AvgIpc) is 3.03. The highest BCUT2D eigenvalue weighted by Gasteiger charge is 2.61. The fourth-order valence-electron chi connectivity index (χ4n) is 4.16. The molecule has 1 aromatic carbocycles. The van der Waals surface area contributed by atoms with E-state index in [1.54, 1.807) is 0 Å². The Labute approximate surface area is 125 Å². The summed E-state index contributed by atoms with van der Waals surface area (Å²) in [6, 6.07) is 10.5. The number of carbonyl (C=O) groups excluding carboxylic acids is 1. The van der Waals surface area contributed by atoms with Gasteiger partial charge in [0.05, 0.1) is 13.2 Å². The molecule has 0 radical (unpaired) electrons. The van der Waals surface area contributed by atoms with Gasteiger partial charge in [-0.1, -0.05) is 30.3 Å². The highest BCUT2D eigenvalue weighted by Crippen LogP contribution is 2.52. The molecular weight excluding hydrogens is 264 g/mol. The summed E-state index contributed by atoms with van der Waals surface area (Å²) < 4.78 is 5.37. The minimum absolute atomic E-state index is 0.210. The highest BCUT2D eigenvalue weighted by molar-refractivity contribution is 5.88. The fraction of sp³-hybridized carbons (Fsp3) is 0.588. The summed E-state index contributed by atoms with van der Waals surface area (Å²) in [5, 5.41) is 0. The standard InChI is InChI=1S/C17H22N2O2/c20-16(18-6-8-21-9-7-18)17-10-15(11-17)13-19(17)12-14-4-2-1-3-5-14/h1-5,15H,6-13H2. The van der Waals surface area contributed by atoms with Crippen molar-refractivity contribution in [1.82, 2.24) is 9.80 Å². The normalized spacial score (nSPS) is 32.0. The van der Waals surface area contributed by atoms with E-state index in [4.69, 9.17) is 4.74 Å². The predicted molar refractivity (Wildman–Crippen MR) is 79.7 cm³/mol. The van der Waals surface area contributed by atoms with Crippen molar-refractivity contribution in [3.63, 3.8) is 0 Å². The van der Waals surface area contributed by atoms with Crippen molar-refractivity contribution in [2.75, 3.05) is 32.8 Å². The smallest absolute Gasteiger partial charge is 0.243 e. The lowest BCUT2D eigenvalue weighted by molar-refractivity contribution is -0.150. The van der Waals surface area contributed by atoms with E-state index in [2.05, 4.69) is 29.2 Å². The number of amides is 1. The van der Waals surface area contributed by atoms with Gasteiger partial charge in [0.15, 0.2) is 0 Å². The summed E-state index contributed by atoms with van der Waals surface area (Å²) >= 11 is 0. The molecule has 3 heterocycles. The Hall–Kier alpha value is -1.39. The number of morpholine rings is 1. The Kier molecular flexibility index (Phi) is 3.23. The number of benzene rings is 1. The van der Waals surface area contributed by atoms with Gasteiger partial charge in [0.2, 0.25) is 5.91 Å². The Morgan fingerprint density at radius 2 is 1.90 bits per heavy atom. The molecule has 0 atom stereocenters. The first-order chi connectivity index (χ1) is 10.3. The zero-order chi connectivity index (χ0) is 14.3. The van der Waals surface area contributed by atoms with Crippen molar-refractivity contribution in [2.24, 2.45) is 5.92 Å². The molecule has 5 rings (SSSR count). The quantitative estimate of drug-likeness (QED) is 0.844. The summed E-state index contributed by atoms with van der Waals surface area (Å²) in [7, 11) is 0. The SMILES string of the molecule is O=C(N1CCOCC1)C12CC(CN1Cc1ccccc1)C2. The highest BCUT2D eigenvalue weighted by atomic mass is 16.5. The van der Waals surface area contributed by atoms with Crippen LogP contribution in [-0.4, -0.2) is 54.1 Å². The van der Waals surface area contributed by atoms with Gasteiger partial charge < -0.3 is 9.64 Å². The number of fused-ring (bicyclic) bond motifs is 1. The molecule has 21 heavy (non-hydrogen) atoms. The van der Waals surface area contributed by atoms with E-state index in [0.29, 0.717) is 19.1 Å². The molecule has 112 valence electrons. The van der Waals surface area contributed by atoms with Crippen LogP contribution in [0.15, 0.2) is 30.3 Å². The van der Waals surface area contributed by atoms with E-state index in [0.717, 1.165) is 44.9 Å². The maximum Gasteiger partial charge on any atom is 0.243 e. The first-order valence-electron chi connectivity index (χ1n) is 7.94. The molecule has 4 fully saturated rings. The summed E-state index contributed by atoms with van der Waals surface area (Å²) in [4.78, 5) is 17.4.